The smallest absolute Gasteiger partial charge is 0.309 e. The summed E-state index contributed by atoms with van der Waals surface area (Å²) in [6.45, 7) is 9.85. The van der Waals surface area contributed by atoms with Gasteiger partial charge in [0.2, 0.25) is 0 Å². The second kappa shape index (κ2) is 16.6. The number of hydrogen-bond donors (Lipinski definition) is 0. The highest BCUT2D eigenvalue weighted by Crippen LogP contribution is 2.32. The first-order chi connectivity index (χ1) is 14.5. The lowest BCUT2D eigenvalue weighted by Crippen LogP contribution is -2.35. The summed E-state index contributed by atoms with van der Waals surface area (Å²) in [5.74, 6) is 0.186. The van der Waals surface area contributed by atoms with Crippen molar-refractivity contribution in [3.8, 4) is 0 Å². The molecule has 0 amide bonds. The van der Waals surface area contributed by atoms with Crippen LogP contribution in [0.3, 0.4) is 0 Å². The highest BCUT2D eigenvalue weighted by molar-refractivity contribution is 5.82. The Morgan fingerprint density at radius 1 is 0.767 bits per heavy atom. The topological polar surface area (TPSA) is 52.6 Å². The molecule has 30 heavy (non-hydrogen) atoms. The van der Waals surface area contributed by atoms with Crippen molar-refractivity contribution in [2.24, 2.45) is 23.7 Å². The van der Waals surface area contributed by atoms with Crippen molar-refractivity contribution in [3.63, 3.8) is 0 Å². The average molecular weight is 425 g/mol. The van der Waals surface area contributed by atoms with Gasteiger partial charge in [0.25, 0.3) is 0 Å². The van der Waals surface area contributed by atoms with E-state index in [1.807, 2.05) is 0 Å². The van der Waals surface area contributed by atoms with Crippen LogP contribution in [0.15, 0.2) is 0 Å². The molecule has 1 fully saturated rings. The quantitative estimate of drug-likeness (QED) is 0.196. The highest BCUT2D eigenvalue weighted by Gasteiger charge is 2.38. The van der Waals surface area contributed by atoms with E-state index in [2.05, 4.69) is 27.7 Å². The fraction of sp³-hybridized carbons (Fsp3) is 0.923. The molecule has 1 aliphatic rings. The molecule has 0 aromatic carbocycles. The summed E-state index contributed by atoms with van der Waals surface area (Å²) in [7, 11) is 0. The lowest BCUT2D eigenvalue weighted by molar-refractivity contribution is -0.163. The summed E-state index contributed by atoms with van der Waals surface area (Å²) >= 11 is 0. The van der Waals surface area contributed by atoms with Crippen molar-refractivity contribution in [3.05, 3.63) is 0 Å². The van der Waals surface area contributed by atoms with Crippen molar-refractivity contribution in [2.45, 2.75) is 118 Å². The zero-order chi connectivity index (χ0) is 22.2. The van der Waals surface area contributed by atoms with Crippen LogP contribution in [0.25, 0.3) is 0 Å². The standard InChI is InChI=1S/C26H48O4/c1-5-7-9-16-22(14-6-2)20-30-26(28)24-18-12-11-17-23(24)25(27)29-19-13-8-10-15-21(3)4/h21-24H,5-20H2,1-4H3. The Morgan fingerprint density at radius 3 is 2.00 bits per heavy atom. The molecule has 0 aliphatic heterocycles. The monoisotopic (exact) mass is 424 g/mol. The average Bonchev–Trinajstić information content (AvgIpc) is 2.74. The molecule has 0 aromatic rings. The Bertz CT molecular complexity index is 460. The number of unbranched alkanes of at least 4 members (excludes halogenated alkanes) is 4. The van der Waals surface area contributed by atoms with Crippen molar-refractivity contribution < 1.29 is 19.1 Å². The number of ether oxygens (including phenoxy) is 2. The molecular formula is C26H48O4. The van der Waals surface area contributed by atoms with E-state index in [0.717, 1.165) is 63.7 Å². The van der Waals surface area contributed by atoms with E-state index < -0.39 is 0 Å². The largest absolute Gasteiger partial charge is 0.465 e. The first-order valence-electron chi connectivity index (χ1n) is 12.8. The van der Waals surface area contributed by atoms with Gasteiger partial charge in [0, 0.05) is 0 Å². The zero-order valence-electron chi connectivity index (χ0n) is 20.3. The van der Waals surface area contributed by atoms with Crippen LogP contribution in [0.2, 0.25) is 0 Å². The summed E-state index contributed by atoms with van der Waals surface area (Å²) in [5.41, 5.74) is 0. The van der Waals surface area contributed by atoms with Gasteiger partial charge in [0.15, 0.2) is 0 Å². The van der Waals surface area contributed by atoms with Gasteiger partial charge >= 0.3 is 11.9 Å². The van der Waals surface area contributed by atoms with Crippen LogP contribution < -0.4 is 0 Å². The zero-order valence-corrected chi connectivity index (χ0v) is 20.3. The van der Waals surface area contributed by atoms with Gasteiger partial charge in [-0.25, -0.2) is 0 Å². The van der Waals surface area contributed by atoms with Gasteiger partial charge in [-0.1, -0.05) is 85.5 Å². The molecule has 176 valence electrons. The highest BCUT2D eigenvalue weighted by atomic mass is 16.5. The summed E-state index contributed by atoms with van der Waals surface area (Å²) in [6, 6.07) is 0. The molecule has 1 saturated carbocycles. The third-order valence-electron chi connectivity index (χ3n) is 6.42. The van der Waals surface area contributed by atoms with Gasteiger partial charge in [-0.3, -0.25) is 9.59 Å². The summed E-state index contributed by atoms with van der Waals surface area (Å²) in [4.78, 5) is 25.4. The van der Waals surface area contributed by atoms with Gasteiger partial charge < -0.3 is 9.47 Å². The minimum atomic E-state index is -0.315. The van der Waals surface area contributed by atoms with Crippen LogP contribution in [0, 0.1) is 23.7 Å². The molecule has 0 N–H and O–H groups in total. The molecule has 4 heteroatoms. The molecule has 4 nitrogen and oxygen atoms in total. The Kier molecular flexibility index (Phi) is 14.9. The Hall–Kier alpha value is -1.06. The van der Waals surface area contributed by atoms with E-state index in [-0.39, 0.29) is 23.8 Å². The predicted octanol–water partition coefficient (Wildman–Crippen LogP) is 7.09. The fourth-order valence-electron chi connectivity index (χ4n) is 4.52. The molecule has 0 spiro atoms. The number of esters is 2. The number of carbonyl (C=O) groups is 2. The first-order valence-corrected chi connectivity index (χ1v) is 12.8. The van der Waals surface area contributed by atoms with Crippen molar-refractivity contribution in [1.29, 1.82) is 0 Å². The molecule has 3 atom stereocenters. The Morgan fingerprint density at radius 2 is 1.40 bits per heavy atom. The van der Waals surface area contributed by atoms with E-state index >= 15 is 0 Å². The van der Waals surface area contributed by atoms with Gasteiger partial charge in [-0.05, 0) is 43.9 Å². The van der Waals surface area contributed by atoms with Crippen LogP contribution in [0.5, 0.6) is 0 Å². The van der Waals surface area contributed by atoms with Crippen molar-refractivity contribution in [1.82, 2.24) is 0 Å². The van der Waals surface area contributed by atoms with Gasteiger partial charge in [0.1, 0.15) is 0 Å². The van der Waals surface area contributed by atoms with Gasteiger partial charge in [-0.2, -0.15) is 0 Å². The van der Waals surface area contributed by atoms with E-state index in [9.17, 15) is 9.59 Å². The molecule has 1 rings (SSSR count). The number of hydrogen-bond acceptors (Lipinski definition) is 4. The minimum Gasteiger partial charge on any atom is -0.465 e. The number of rotatable bonds is 16. The SMILES string of the molecule is CCCCCC(CCC)COC(=O)C1CCCCC1C(=O)OCCCCCC(C)C. The van der Waals surface area contributed by atoms with Crippen LogP contribution >= 0.6 is 0 Å². The summed E-state index contributed by atoms with van der Waals surface area (Å²) in [6.07, 6.45) is 14.9. The molecule has 0 aromatic heterocycles. The first kappa shape index (κ1) is 27.0. The molecule has 0 heterocycles. The summed E-state index contributed by atoms with van der Waals surface area (Å²) < 4.78 is 11.3. The maximum atomic E-state index is 12.8. The van der Waals surface area contributed by atoms with Crippen molar-refractivity contribution in [2.75, 3.05) is 13.2 Å². The molecule has 0 bridgehead atoms. The maximum Gasteiger partial charge on any atom is 0.309 e. The lowest BCUT2D eigenvalue weighted by atomic mass is 9.79. The van der Waals surface area contributed by atoms with Gasteiger partial charge in [0.05, 0.1) is 25.0 Å². The lowest BCUT2D eigenvalue weighted by Gasteiger charge is -2.29. The molecule has 3 unspecified atom stereocenters. The molecule has 0 saturated heterocycles. The van der Waals surface area contributed by atoms with E-state index in [4.69, 9.17) is 9.47 Å². The summed E-state index contributed by atoms with van der Waals surface area (Å²) in [5, 5.41) is 0. The molecule has 0 radical (unpaired) electrons. The Labute approximate surface area is 185 Å². The van der Waals surface area contributed by atoms with Crippen LogP contribution in [-0.2, 0) is 19.1 Å². The maximum absolute atomic E-state index is 12.8. The van der Waals surface area contributed by atoms with E-state index in [1.54, 1.807) is 0 Å². The fourth-order valence-corrected chi connectivity index (χ4v) is 4.52. The number of carbonyl (C=O) groups excluding carboxylic acids is 2. The third-order valence-corrected chi connectivity index (χ3v) is 6.42. The van der Waals surface area contributed by atoms with E-state index in [0.29, 0.717) is 19.1 Å². The predicted molar refractivity (Wildman–Crippen MR) is 123 cm³/mol. The van der Waals surface area contributed by atoms with Gasteiger partial charge in [-0.15, -0.1) is 0 Å². The minimum absolute atomic E-state index is 0.176. The van der Waals surface area contributed by atoms with Crippen LogP contribution in [-0.4, -0.2) is 25.2 Å². The third kappa shape index (κ3) is 11.4. The second-order valence-electron chi connectivity index (χ2n) is 9.69. The Balaban J connectivity index is 2.42. The second-order valence-corrected chi connectivity index (χ2v) is 9.69. The van der Waals surface area contributed by atoms with Crippen LogP contribution in [0.4, 0.5) is 0 Å². The molecule has 1 aliphatic carbocycles. The van der Waals surface area contributed by atoms with Crippen molar-refractivity contribution >= 4 is 11.9 Å². The van der Waals surface area contributed by atoms with E-state index in [1.165, 1.54) is 32.1 Å². The molecular weight excluding hydrogens is 376 g/mol. The van der Waals surface area contributed by atoms with Crippen LogP contribution in [0.1, 0.15) is 118 Å². The normalized spacial score (nSPS) is 20.2.